The van der Waals surface area contributed by atoms with Gasteiger partial charge in [-0.15, -0.1) is 11.6 Å². The van der Waals surface area contributed by atoms with Gasteiger partial charge in [-0.1, -0.05) is 18.2 Å². The fraction of sp³-hybridized carbons (Fsp3) is 0.304. The van der Waals surface area contributed by atoms with Crippen LogP contribution in [0.5, 0.6) is 0 Å². The lowest BCUT2D eigenvalue weighted by molar-refractivity contribution is -0.116. The van der Waals surface area contributed by atoms with Crippen LogP contribution in [0, 0.1) is 31.3 Å². The van der Waals surface area contributed by atoms with Crippen LogP contribution in [0.3, 0.4) is 0 Å². The molecule has 156 valence electrons. The number of hydrogen-bond acceptors (Lipinski definition) is 2. The maximum absolute atomic E-state index is 15.2. The highest BCUT2D eigenvalue weighted by Crippen LogP contribution is 2.34. The molecule has 0 N–H and O–H groups in total. The van der Waals surface area contributed by atoms with Crippen LogP contribution in [-0.2, 0) is 24.2 Å². The van der Waals surface area contributed by atoms with Crippen LogP contribution in [0.2, 0.25) is 0 Å². The monoisotopic (exact) mass is 432 g/mol. The molecule has 1 aromatic heterocycles. The standard InChI is InChI=1S/C23H20ClF3N2O/c1-12-14-7-5-8-16(14)21(26)22(27)17(12)11-29(19(30)10-24)23-20(25)13(2)15-6-3-4-9-18(15)28-23/h3-4,6,9H,5,7-8,10-11H2,1-2H3. The zero-order valence-corrected chi connectivity index (χ0v) is 17.4. The number of aryl methyl sites for hydroxylation is 1. The summed E-state index contributed by atoms with van der Waals surface area (Å²) < 4.78 is 44.8. The minimum atomic E-state index is -1.00. The zero-order chi connectivity index (χ0) is 21.6. The number of carbonyl (C=O) groups excluding carboxylic acids is 1. The fourth-order valence-corrected chi connectivity index (χ4v) is 4.37. The Hall–Kier alpha value is -2.60. The molecule has 0 unspecified atom stereocenters. The van der Waals surface area contributed by atoms with Crippen LogP contribution in [0.4, 0.5) is 19.0 Å². The molecule has 0 bridgehead atoms. The largest absolute Gasteiger partial charge is 0.289 e. The van der Waals surface area contributed by atoms with E-state index >= 15 is 4.39 Å². The average molecular weight is 433 g/mol. The maximum atomic E-state index is 15.2. The van der Waals surface area contributed by atoms with E-state index in [9.17, 15) is 13.6 Å². The number of carbonyl (C=O) groups is 1. The number of para-hydroxylation sites is 1. The Morgan fingerprint density at radius 2 is 1.73 bits per heavy atom. The summed E-state index contributed by atoms with van der Waals surface area (Å²) in [5.41, 5.74) is 2.60. The van der Waals surface area contributed by atoms with Gasteiger partial charge in [-0.2, -0.15) is 0 Å². The number of aromatic nitrogens is 1. The van der Waals surface area contributed by atoms with Gasteiger partial charge in [0.2, 0.25) is 5.91 Å². The van der Waals surface area contributed by atoms with Crippen molar-refractivity contribution in [3.05, 3.63) is 69.5 Å². The molecule has 7 heteroatoms. The van der Waals surface area contributed by atoms with Gasteiger partial charge in [0.15, 0.2) is 23.3 Å². The fourth-order valence-electron chi connectivity index (χ4n) is 4.23. The molecule has 0 atom stereocenters. The second-order valence-electron chi connectivity index (χ2n) is 7.55. The highest BCUT2D eigenvalue weighted by atomic mass is 35.5. The van der Waals surface area contributed by atoms with Crippen molar-refractivity contribution in [1.29, 1.82) is 0 Å². The van der Waals surface area contributed by atoms with Crippen molar-refractivity contribution < 1.29 is 18.0 Å². The first-order valence-corrected chi connectivity index (χ1v) is 10.3. The Labute approximate surface area is 177 Å². The quantitative estimate of drug-likeness (QED) is 0.508. The van der Waals surface area contributed by atoms with Gasteiger partial charge in [0.1, 0.15) is 5.88 Å². The zero-order valence-electron chi connectivity index (χ0n) is 16.7. The van der Waals surface area contributed by atoms with E-state index in [-0.39, 0.29) is 17.9 Å². The number of fused-ring (bicyclic) bond motifs is 2. The lowest BCUT2D eigenvalue weighted by Crippen LogP contribution is -2.34. The predicted molar refractivity (Wildman–Crippen MR) is 111 cm³/mol. The van der Waals surface area contributed by atoms with Crippen LogP contribution in [0.1, 0.15) is 34.2 Å². The number of benzene rings is 2. The second-order valence-corrected chi connectivity index (χ2v) is 7.81. The van der Waals surface area contributed by atoms with E-state index in [1.165, 1.54) is 0 Å². The summed E-state index contributed by atoms with van der Waals surface area (Å²) >= 11 is 5.77. The first-order valence-electron chi connectivity index (χ1n) is 9.74. The third-order valence-corrected chi connectivity index (χ3v) is 6.12. The van der Waals surface area contributed by atoms with Crippen molar-refractivity contribution in [1.82, 2.24) is 4.98 Å². The van der Waals surface area contributed by atoms with E-state index in [1.807, 2.05) is 0 Å². The van der Waals surface area contributed by atoms with Crippen molar-refractivity contribution in [2.24, 2.45) is 0 Å². The topological polar surface area (TPSA) is 33.2 Å². The number of anilines is 1. The van der Waals surface area contributed by atoms with Gasteiger partial charge in [-0.25, -0.2) is 18.2 Å². The lowest BCUT2D eigenvalue weighted by atomic mass is 9.97. The summed E-state index contributed by atoms with van der Waals surface area (Å²) in [5, 5.41) is 0.614. The smallest absolute Gasteiger partial charge is 0.243 e. The molecule has 0 saturated carbocycles. The van der Waals surface area contributed by atoms with Crippen LogP contribution < -0.4 is 4.90 Å². The number of alkyl halides is 1. The number of nitrogens with zero attached hydrogens (tertiary/aromatic N) is 2. The third-order valence-electron chi connectivity index (χ3n) is 5.89. The molecule has 4 rings (SSSR count). The molecular weight excluding hydrogens is 413 g/mol. The van der Waals surface area contributed by atoms with Crippen LogP contribution in [-0.4, -0.2) is 16.8 Å². The van der Waals surface area contributed by atoms with Gasteiger partial charge in [0.05, 0.1) is 12.1 Å². The maximum Gasteiger partial charge on any atom is 0.243 e. The Morgan fingerprint density at radius 3 is 2.47 bits per heavy atom. The Kier molecular flexibility index (Phi) is 5.45. The summed E-state index contributed by atoms with van der Waals surface area (Å²) in [6.45, 7) is 2.95. The molecule has 0 aliphatic heterocycles. The minimum absolute atomic E-state index is 0.0265. The highest BCUT2D eigenvalue weighted by Gasteiger charge is 2.29. The van der Waals surface area contributed by atoms with Crippen LogP contribution >= 0.6 is 11.6 Å². The normalized spacial score (nSPS) is 13.0. The van der Waals surface area contributed by atoms with Gasteiger partial charge in [0.25, 0.3) is 0 Å². The van der Waals surface area contributed by atoms with Crippen molar-refractivity contribution in [3.8, 4) is 0 Å². The molecule has 1 heterocycles. The molecule has 1 aliphatic carbocycles. The highest BCUT2D eigenvalue weighted by molar-refractivity contribution is 6.29. The second kappa shape index (κ2) is 7.91. The van der Waals surface area contributed by atoms with Gasteiger partial charge in [0, 0.05) is 10.9 Å². The van der Waals surface area contributed by atoms with E-state index in [4.69, 9.17) is 11.6 Å². The number of hydrogen-bond donors (Lipinski definition) is 0. The summed E-state index contributed by atoms with van der Waals surface area (Å²) in [7, 11) is 0. The summed E-state index contributed by atoms with van der Waals surface area (Å²) in [6, 6.07) is 6.96. The molecule has 3 aromatic rings. The van der Waals surface area contributed by atoms with Crippen molar-refractivity contribution >= 4 is 34.2 Å². The van der Waals surface area contributed by atoms with E-state index in [1.54, 1.807) is 38.1 Å². The van der Waals surface area contributed by atoms with Crippen molar-refractivity contribution in [2.75, 3.05) is 10.8 Å². The van der Waals surface area contributed by atoms with Gasteiger partial charge in [-0.3, -0.25) is 9.69 Å². The number of halogens is 4. The average Bonchev–Trinajstić information content (AvgIpc) is 3.25. The third kappa shape index (κ3) is 3.23. The van der Waals surface area contributed by atoms with Crippen LogP contribution in [0.15, 0.2) is 24.3 Å². The van der Waals surface area contributed by atoms with Gasteiger partial charge >= 0.3 is 0 Å². The lowest BCUT2D eigenvalue weighted by Gasteiger charge is -2.25. The summed E-state index contributed by atoms with van der Waals surface area (Å²) in [5.74, 6) is -3.90. The molecule has 0 spiro atoms. The first kappa shape index (κ1) is 20.7. The Morgan fingerprint density at radius 1 is 1.03 bits per heavy atom. The van der Waals surface area contributed by atoms with Crippen molar-refractivity contribution in [2.45, 2.75) is 39.7 Å². The van der Waals surface area contributed by atoms with E-state index in [0.29, 0.717) is 40.4 Å². The van der Waals surface area contributed by atoms with Crippen molar-refractivity contribution in [3.63, 3.8) is 0 Å². The van der Waals surface area contributed by atoms with E-state index < -0.39 is 29.2 Å². The molecule has 0 saturated heterocycles. The van der Waals surface area contributed by atoms with Gasteiger partial charge < -0.3 is 0 Å². The number of rotatable bonds is 4. The van der Waals surface area contributed by atoms with E-state index in [0.717, 1.165) is 16.9 Å². The summed E-state index contributed by atoms with van der Waals surface area (Å²) in [6.07, 6.45) is 1.89. The predicted octanol–water partition coefficient (Wildman–Crippen LogP) is 5.53. The molecule has 1 aliphatic rings. The van der Waals surface area contributed by atoms with Gasteiger partial charge in [-0.05, 0) is 61.4 Å². The number of amides is 1. The summed E-state index contributed by atoms with van der Waals surface area (Å²) in [4.78, 5) is 17.9. The molecule has 2 aromatic carbocycles. The molecule has 0 radical (unpaired) electrons. The molecular formula is C23H20ClF3N2O. The Bertz CT molecular complexity index is 1180. The first-order chi connectivity index (χ1) is 14.3. The molecule has 30 heavy (non-hydrogen) atoms. The molecule has 3 nitrogen and oxygen atoms in total. The van der Waals surface area contributed by atoms with Crippen LogP contribution in [0.25, 0.3) is 10.9 Å². The minimum Gasteiger partial charge on any atom is -0.289 e. The van der Waals surface area contributed by atoms with E-state index in [2.05, 4.69) is 4.98 Å². The Balaban J connectivity index is 1.88. The SMILES string of the molecule is Cc1c(CN(C(=O)CCl)c2nc3ccccc3c(C)c2F)c(F)c(F)c2c1CCC2. The molecule has 0 fully saturated rings. The molecule has 1 amide bonds. The number of pyridine rings is 1.